The van der Waals surface area contributed by atoms with Gasteiger partial charge in [-0.25, -0.2) is 0 Å². The van der Waals surface area contributed by atoms with Crippen molar-refractivity contribution in [3.8, 4) is 0 Å². The largest absolute Gasteiger partial charge is 0.384 e. The maximum atomic E-state index is 10.3. The minimum absolute atomic E-state index is 0.598. The van der Waals surface area contributed by atoms with Crippen LogP contribution in [0.1, 0.15) is 29.7 Å². The van der Waals surface area contributed by atoms with E-state index in [1.807, 2.05) is 25.1 Å². The van der Waals surface area contributed by atoms with Gasteiger partial charge in [-0.1, -0.05) is 19.1 Å². The lowest BCUT2D eigenvalue weighted by molar-refractivity contribution is 0.219. The molecule has 0 amide bonds. The summed E-state index contributed by atoms with van der Waals surface area (Å²) in [5, 5.41) is 10.3. The average molecular weight is 259 g/mol. The van der Waals surface area contributed by atoms with Crippen molar-refractivity contribution in [2.24, 2.45) is 0 Å². The van der Waals surface area contributed by atoms with Gasteiger partial charge in [0.1, 0.15) is 6.10 Å². The van der Waals surface area contributed by atoms with E-state index in [4.69, 9.17) is 0 Å². The molecule has 0 saturated heterocycles. The second-order valence-electron chi connectivity index (χ2n) is 4.14. The van der Waals surface area contributed by atoms with Gasteiger partial charge < -0.3 is 5.11 Å². The van der Waals surface area contributed by atoms with E-state index < -0.39 is 6.10 Å². The third kappa shape index (κ3) is 2.92. The molecule has 18 heavy (non-hydrogen) atoms. The predicted molar refractivity (Wildman–Crippen MR) is 75.9 cm³/mol. The summed E-state index contributed by atoms with van der Waals surface area (Å²) in [5.74, 6) is 1.06. The van der Waals surface area contributed by atoms with E-state index >= 15 is 0 Å². The molecule has 1 unspecified atom stereocenters. The topological polar surface area (TPSA) is 33.1 Å². The summed E-state index contributed by atoms with van der Waals surface area (Å²) >= 11 is 1.80. The molecule has 3 heteroatoms. The summed E-state index contributed by atoms with van der Waals surface area (Å²) in [6.45, 7) is 4.12. The second-order valence-corrected chi connectivity index (χ2v) is 5.47. The molecule has 0 saturated carbocycles. The van der Waals surface area contributed by atoms with Crippen molar-refractivity contribution < 1.29 is 5.11 Å². The fourth-order valence-corrected chi connectivity index (χ4v) is 2.52. The SMILES string of the molecule is CCSc1ccc(C(O)c2cnccc2C)cc1. The van der Waals surface area contributed by atoms with Crippen molar-refractivity contribution in [2.75, 3.05) is 5.75 Å². The van der Waals surface area contributed by atoms with Crippen LogP contribution < -0.4 is 0 Å². The number of aryl methyl sites for hydroxylation is 1. The van der Waals surface area contributed by atoms with Gasteiger partial charge in [0.25, 0.3) is 0 Å². The van der Waals surface area contributed by atoms with Gasteiger partial charge in [-0.2, -0.15) is 0 Å². The molecule has 1 aromatic carbocycles. The second kappa shape index (κ2) is 6.03. The molecule has 0 spiro atoms. The number of hydrogen-bond acceptors (Lipinski definition) is 3. The third-order valence-electron chi connectivity index (χ3n) is 2.88. The molecule has 1 N–H and O–H groups in total. The molecule has 2 nitrogen and oxygen atoms in total. The van der Waals surface area contributed by atoms with Crippen molar-refractivity contribution in [3.05, 3.63) is 59.4 Å². The van der Waals surface area contributed by atoms with Crippen LogP contribution in [0.5, 0.6) is 0 Å². The highest BCUT2D eigenvalue weighted by atomic mass is 32.2. The maximum Gasteiger partial charge on any atom is 0.106 e. The summed E-state index contributed by atoms with van der Waals surface area (Å²) < 4.78 is 0. The van der Waals surface area contributed by atoms with Crippen LogP contribution in [0.3, 0.4) is 0 Å². The number of aliphatic hydroxyl groups is 1. The zero-order valence-corrected chi connectivity index (χ0v) is 11.4. The number of rotatable bonds is 4. The average Bonchev–Trinajstić information content (AvgIpc) is 2.40. The monoisotopic (exact) mass is 259 g/mol. The van der Waals surface area contributed by atoms with Crippen LogP contribution in [-0.4, -0.2) is 15.8 Å². The number of aromatic nitrogens is 1. The molecule has 1 atom stereocenters. The Kier molecular flexibility index (Phi) is 4.39. The molecule has 0 bridgehead atoms. The van der Waals surface area contributed by atoms with E-state index in [9.17, 15) is 5.11 Å². The standard InChI is InChI=1S/C15H17NOS/c1-3-18-13-6-4-12(5-7-13)15(17)14-10-16-9-8-11(14)2/h4-10,15,17H,3H2,1-2H3. The van der Waals surface area contributed by atoms with Crippen molar-refractivity contribution in [3.63, 3.8) is 0 Å². The van der Waals surface area contributed by atoms with Gasteiger partial charge in [-0.3, -0.25) is 4.98 Å². The zero-order chi connectivity index (χ0) is 13.0. The van der Waals surface area contributed by atoms with Crippen LogP contribution in [0, 0.1) is 6.92 Å². The normalized spacial score (nSPS) is 12.4. The number of benzene rings is 1. The number of aliphatic hydroxyl groups excluding tert-OH is 1. The molecular weight excluding hydrogens is 242 g/mol. The Bertz CT molecular complexity index is 510. The van der Waals surface area contributed by atoms with Gasteiger partial charge in [0, 0.05) is 22.9 Å². The Morgan fingerprint density at radius 2 is 1.94 bits per heavy atom. The Morgan fingerprint density at radius 1 is 1.22 bits per heavy atom. The highest BCUT2D eigenvalue weighted by Crippen LogP contribution is 2.26. The van der Waals surface area contributed by atoms with Crippen LogP contribution >= 0.6 is 11.8 Å². The van der Waals surface area contributed by atoms with E-state index in [0.717, 1.165) is 22.4 Å². The molecule has 1 aromatic heterocycles. The summed E-state index contributed by atoms with van der Waals surface area (Å²) in [4.78, 5) is 5.31. The fourth-order valence-electron chi connectivity index (χ4n) is 1.86. The molecular formula is C15H17NOS. The van der Waals surface area contributed by atoms with Gasteiger partial charge >= 0.3 is 0 Å². The minimum atomic E-state index is -0.598. The maximum absolute atomic E-state index is 10.3. The van der Waals surface area contributed by atoms with Gasteiger partial charge in [0.2, 0.25) is 0 Å². The summed E-state index contributed by atoms with van der Waals surface area (Å²) in [6, 6.07) is 9.99. The van der Waals surface area contributed by atoms with Gasteiger partial charge in [0.05, 0.1) is 0 Å². The van der Waals surface area contributed by atoms with Crippen LogP contribution in [0.2, 0.25) is 0 Å². The number of thioether (sulfide) groups is 1. The van der Waals surface area contributed by atoms with Gasteiger partial charge in [-0.05, 0) is 42.0 Å². The molecule has 2 rings (SSSR count). The van der Waals surface area contributed by atoms with E-state index in [-0.39, 0.29) is 0 Å². The Morgan fingerprint density at radius 3 is 2.56 bits per heavy atom. The third-order valence-corrected chi connectivity index (χ3v) is 3.78. The lowest BCUT2D eigenvalue weighted by Crippen LogP contribution is -2.02. The van der Waals surface area contributed by atoms with E-state index in [2.05, 4.69) is 24.0 Å². The van der Waals surface area contributed by atoms with Crippen molar-refractivity contribution in [2.45, 2.75) is 24.8 Å². The van der Waals surface area contributed by atoms with E-state index in [0.29, 0.717) is 0 Å². The molecule has 0 aliphatic rings. The molecule has 0 aliphatic heterocycles. The fraction of sp³-hybridized carbons (Fsp3) is 0.267. The van der Waals surface area contributed by atoms with Crippen molar-refractivity contribution >= 4 is 11.8 Å². The first kappa shape index (κ1) is 13.1. The van der Waals surface area contributed by atoms with Crippen LogP contribution in [-0.2, 0) is 0 Å². The molecule has 1 heterocycles. The Hall–Kier alpha value is -1.32. The van der Waals surface area contributed by atoms with Crippen LogP contribution in [0.4, 0.5) is 0 Å². The van der Waals surface area contributed by atoms with Gasteiger partial charge in [-0.15, -0.1) is 11.8 Å². The minimum Gasteiger partial charge on any atom is -0.384 e. The lowest BCUT2D eigenvalue weighted by atomic mass is 10.00. The van der Waals surface area contributed by atoms with E-state index in [1.165, 1.54) is 4.90 Å². The summed E-state index contributed by atoms with van der Waals surface area (Å²) in [5.41, 5.74) is 2.84. The first-order valence-electron chi connectivity index (χ1n) is 6.03. The highest BCUT2D eigenvalue weighted by Gasteiger charge is 2.12. The smallest absolute Gasteiger partial charge is 0.106 e. The summed E-state index contributed by atoms with van der Waals surface area (Å²) in [7, 11) is 0. The molecule has 2 aromatic rings. The zero-order valence-electron chi connectivity index (χ0n) is 10.6. The van der Waals surface area contributed by atoms with Crippen molar-refractivity contribution in [1.29, 1.82) is 0 Å². The molecule has 0 fully saturated rings. The number of pyridine rings is 1. The lowest BCUT2D eigenvalue weighted by Gasteiger charge is -2.13. The molecule has 0 aliphatic carbocycles. The molecule has 0 radical (unpaired) electrons. The number of nitrogens with zero attached hydrogens (tertiary/aromatic N) is 1. The van der Waals surface area contributed by atoms with Crippen LogP contribution in [0.25, 0.3) is 0 Å². The Balaban J connectivity index is 2.23. The molecule has 94 valence electrons. The van der Waals surface area contributed by atoms with Crippen molar-refractivity contribution in [1.82, 2.24) is 4.98 Å². The van der Waals surface area contributed by atoms with Crippen LogP contribution in [0.15, 0.2) is 47.6 Å². The predicted octanol–water partition coefficient (Wildman–Crippen LogP) is 3.58. The summed E-state index contributed by atoms with van der Waals surface area (Å²) in [6.07, 6.45) is 2.88. The van der Waals surface area contributed by atoms with E-state index in [1.54, 1.807) is 24.2 Å². The number of hydrogen-bond donors (Lipinski definition) is 1. The Labute approximate surface area is 112 Å². The first-order valence-corrected chi connectivity index (χ1v) is 7.02. The highest BCUT2D eigenvalue weighted by molar-refractivity contribution is 7.99. The quantitative estimate of drug-likeness (QED) is 0.852. The van der Waals surface area contributed by atoms with Gasteiger partial charge in [0.15, 0.2) is 0 Å². The first-order chi connectivity index (χ1) is 8.72.